The van der Waals surface area contributed by atoms with Crippen LogP contribution in [-0.2, 0) is 20.9 Å². The molecule has 0 radical (unpaired) electrons. The van der Waals surface area contributed by atoms with Gasteiger partial charge in [-0.15, -0.1) is 0 Å². The van der Waals surface area contributed by atoms with Gasteiger partial charge < -0.3 is 15.0 Å². The Morgan fingerprint density at radius 3 is 2.86 bits per heavy atom. The molecule has 2 rings (SSSR count). The van der Waals surface area contributed by atoms with E-state index in [-0.39, 0.29) is 37.1 Å². The van der Waals surface area contributed by atoms with E-state index in [2.05, 4.69) is 10.4 Å². The molecule has 2 amide bonds. The molecular weight excluding hydrogens is 288 g/mol. The van der Waals surface area contributed by atoms with Crippen LogP contribution in [0.15, 0.2) is 16.9 Å². The second kappa shape index (κ2) is 6.27. The zero-order valence-corrected chi connectivity index (χ0v) is 13.0. The lowest BCUT2D eigenvalue weighted by Crippen LogP contribution is -2.59. The van der Waals surface area contributed by atoms with Crippen molar-refractivity contribution in [3.8, 4) is 0 Å². The third-order valence-electron chi connectivity index (χ3n) is 3.62. The SMILES string of the molecule is CNC(=O)[C@@]1(C)CN(C(=O)Cn2nc(C)ccc2=O)CCO1. The number of ether oxygens (including phenoxy) is 1. The summed E-state index contributed by atoms with van der Waals surface area (Å²) < 4.78 is 6.63. The summed E-state index contributed by atoms with van der Waals surface area (Å²) in [5, 5.41) is 6.57. The standard InChI is InChI=1S/C14H20N4O4/c1-10-4-5-11(19)18(16-10)8-12(20)17-6-7-22-14(2,9-17)13(21)15-3/h4-5H,6-9H2,1-3H3,(H,15,21)/t14-/m1/s1. The minimum absolute atomic E-state index is 0.145. The fourth-order valence-electron chi connectivity index (χ4n) is 2.38. The van der Waals surface area contributed by atoms with Crippen molar-refractivity contribution in [2.75, 3.05) is 26.7 Å². The third kappa shape index (κ3) is 3.33. The van der Waals surface area contributed by atoms with Crippen molar-refractivity contribution in [2.45, 2.75) is 26.0 Å². The highest BCUT2D eigenvalue weighted by Crippen LogP contribution is 2.18. The van der Waals surface area contributed by atoms with Gasteiger partial charge in [-0.1, -0.05) is 0 Å². The van der Waals surface area contributed by atoms with Crippen molar-refractivity contribution >= 4 is 11.8 Å². The largest absolute Gasteiger partial charge is 0.362 e. The van der Waals surface area contributed by atoms with E-state index in [1.54, 1.807) is 19.9 Å². The molecular formula is C14H20N4O4. The fourth-order valence-corrected chi connectivity index (χ4v) is 2.38. The average Bonchev–Trinajstić information content (AvgIpc) is 2.50. The molecule has 120 valence electrons. The van der Waals surface area contributed by atoms with E-state index in [1.807, 2.05) is 0 Å². The highest BCUT2D eigenvalue weighted by Gasteiger charge is 2.40. The fraction of sp³-hybridized carbons (Fsp3) is 0.571. The van der Waals surface area contributed by atoms with Gasteiger partial charge in [-0.25, -0.2) is 4.68 Å². The number of nitrogens with one attached hydrogen (secondary N) is 1. The van der Waals surface area contributed by atoms with E-state index < -0.39 is 5.60 Å². The molecule has 8 nitrogen and oxygen atoms in total. The Bertz CT molecular complexity index is 642. The Kier molecular flexibility index (Phi) is 4.60. The molecule has 8 heteroatoms. The second-order valence-corrected chi connectivity index (χ2v) is 5.44. The molecule has 1 aliphatic rings. The molecule has 1 fully saturated rings. The van der Waals surface area contributed by atoms with Gasteiger partial charge in [0.2, 0.25) is 5.91 Å². The van der Waals surface area contributed by atoms with Crippen molar-refractivity contribution in [3.05, 3.63) is 28.2 Å². The third-order valence-corrected chi connectivity index (χ3v) is 3.62. The maximum atomic E-state index is 12.4. The van der Waals surface area contributed by atoms with Gasteiger partial charge in [-0.2, -0.15) is 5.10 Å². The number of carbonyl (C=O) groups is 2. The molecule has 22 heavy (non-hydrogen) atoms. The van der Waals surface area contributed by atoms with Gasteiger partial charge in [0.1, 0.15) is 6.54 Å². The maximum absolute atomic E-state index is 12.4. The van der Waals surface area contributed by atoms with Crippen LogP contribution in [0, 0.1) is 6.92 Å². The number of hydrogen-bond donors (Lipinski definition) is 1. The zero-order valence-electron chi connectivity index (χ0n) is 13.0. The summed E-state index contributed by atoms with van der Waals surface area (Å²) in [5.74, 6) is -0.547. The van der Waals surface area contributed by atoms with Crippen LogP contribution in [0.1, 0.15) is 12.6 Å². The quantitative estimate of drug-likeness (QED) is 0.766. The van der Waals surface area contributed by atoms with Crippen LogP contribution in [-0.4, -0.2) is 58.8 Å². The molecule has 1 aliphatic heterocycles. The van der Waals surface area contributed by atoms with Crippen molar-refractivity contribution in [3.63, 3.8) is 0 Å². The molecule has 0 spiro atoms. The number of likely N-dealkylation sites (N-methyl/N-ethyl adjacent to an activating group) is 1. The summed E-state index contributed by atoms with van der Waals surface area (Å²) in [6.07, 6.45) is 0. The van der Waals surface area contributed by atoms with E-state index >= 15 is 0 Å². The van der Waals surface area contributed by atoms with E-state index in [9.17, 15) is 14.4 Å². The monoisotopic (exact) mass is 308 g/mol. The van der Waals surface area contributed by atoms with Crippen LogP contribution in [0.4, 0.5) is 0 Å². The number of aromatic nitrogens is 2. The van der Waals surface area contributed by atoms with Crippen molar-refractivity contribution in [1.29, 1.82) is 0 Å². The van der Waals surface area contributed by atoms with Crippen molar-refractivity contribution in [1.82, 2.24) is 20.0 Å². The van der Waals surface area contributed by atoms with Crippen LogP contribution in [0.5, 0.6) is 0 Å². The Labute approximate surface area is 128 Å². The summed E-state index contributed by atoms with van der Waals surface area (Å²) in [6, 6.07) is 2.98. The zero-order chi connectivity index (χ0) is 16.3. The minimum atomic E-state index is -1.08. The summed E-state index contributed by atoms with van der Waals surface area (Å²) in [5.41, 5.74) is -0.751. The lowest BCUT2D eigenvalue weighted by atomic mass is 10.0. The average molecular weight is 308 g/mol. The molecule has 0 unspecified atom stereocenters. The molecule has 0 aliphatic carbocycles. The van der Waals surface area contributed by atoms with Crippen LogP contribution in [0.2, 0.25) is 0 Å². The maximum Gasteiger partial charge on any atom is 0.267 e. The molecule has 0 bridgehead atoms. The molecule has 1 N–H and O–H groups in total. The highest BCUT2D eigenvalue weighted by molar-refractivity contribution is 5.86. The van der Waals surface area contributed by atoms with Crippen LogP contribution in [0.3, 0.4) is 0 Å². The van der Waals surface area contributed by atoms with E-state index in [0.29, 0.717) is 12.2 Å². The lowest BCUT2D eigenvalue weighted by Gasteiger charge is -2.39. The molecule has 1 aromatic heterocycles. The number of amides is 2. The predicted molar refractivity (Wildman–Crippen MR) is 78.2 cm³/mol. The summed E-state index contributed by atoms with van der Waals surface area (Å²) in [4.78, 5) is 37.5. The van der Waals surface area contributed by atoms with Gasteiger partial charge in [0.15, 0.2) is 5.60 Å². The van der Waals surface area contributed by atoms with Gasteiger partial charge in [-0.3, -0.25) is 14.4 Å². The normalized spacial score (nSPS) is 21.5. The number of aryl methyl sites for hydroxylation is 1. The van der Waals surface area contributed by atoms with Crippen molar-refractivity contribution in [2.24, 2.45) is 0 Å². The van der Waals surface area contributed by atoms with Gasteiger partial charge in [0, 0.05) is 19.7 Å². The number of rotatable bonds is 3. The summed E-state index contributed by atoms with van der Waals surface area (Å²) >= 11 is 0. The summed E-state index contributed by atoms with van der Waals surface area (Å²) in [7, 11) is 1.52. The van der Waals surface area contributed by atoms with Crippen LogP contribution < -0.4 is 10.9 Å². The molecule has 0 aromatic carbocycles. The Morgan fingerprint density at radius 1 is 1.45 bits per heavy atom. The van der Waals surface area contributed by atoms with E-state index in [4.69, 9.17) is 4.74 Å². The first-order valence-electron chi connectivity index (χ1n) is 7.04. The Hall–Kier alpha value is -2.22. The first-order chi connectivity index (χ1) is 10.4. The van der Waals surface area contributed by atoms with E-state index in [1.165, 1.54) is 18.0 Å². The Balaban J connectivity index is 2.11. The molecule has 1 atom stereocenters. The topological polar surface area (TPSA) is 93.5 Å². The molecule has 2 heterocycles. The smallest absolute Gasteiger partial charge is 0.267 e. The van der Waals surface area contributed by atoms with Crippen LogP contribution in [0.25, 0.3) is 0 Å². The van der Waals surface area contributed by atoms with Gasteiger partial charge in [0.05, 0.1) is 18.8 Å². The number of nitrogens with zero attached hydrogens (tertiary/aromatic N) is 3. The van der Waals surface area contributed by atoms with Gasteiger partial charge in [0.25, 0.3) is 11.5 Å². The van der Waals surface area contributed by atoms with E-state index in [0.717, 1.165) is 4.68 Å². The van der Waals surface area contributed by atoms with Gasteiger partial charge in [-0.05, 0) is 19.9 Å². The molecule has 1 aromatic rings. The summed E-state index contributed by atoms with van der Waals surface area (Å²) in [6.45, 7) is 4.04. The van der Waals surface area contributed by atoms with Crippen LogP contribution >= 0.6 is 0 Å². The first-order valence-corrected chi connectivity index (χ1v) is 7.04. The molecule has 1 saturated heterocycles. The number of carbonyl (C=O) groups excluding carboxylic acids is 2. The number of hydrogen-bond acceptors (Lipinski definition) is 5. The van der Waals surface area contributed by atoms with Crippen molar-refractivity contribution < 1.29 is 14.3 Å². The number of morpholine rings is 1. The lowest BCUT2D eigenvalue weighted by molar-refractivity contribution is -0.162. The predicted octanol–water partition coefficient (Wildman–Crippen LogP) is -1.08. The van der Waals surface area contributed by atoms with Gasteiger partial charge >= 0.3 is 0 Å². The first kappa shape index (κ1) is 16.2. The minimum Gasteiger partial charge on any atom is -0.362 e. The second-order valence-electron chi connectivity index (χ2n) is 5.44. The Morgan fingerprint density at radius 2 is 2.18 bits per heavy atom. The highest BCUT2D eigenvalue weighted by atomic mass is 16.5. The molecule has 0 saturated carbocycles.